The highest BCUT2D eigenvalue weighted by Crippen LogP contribution is 2.33. The Bertz CT molecular complexity index is 1290. The number of carbonyl (C=O) groups is 1. The van der Waals surface area contributed by atoms with E-state index in [1.165, 1.54) is 6.07 Å². The van der Waals surface area contributed by atoms with Crippen LogP contribution in [0.15, 0.2) is 41.2 Å². The lowest BCUT2D eigenvalue weighted by Gasteiger charge is -2.13. The first kappa shape index (κ1) is 18.2. The number of anilines is 1. The molecule has 0 aliphatic carbocycles. The van der Waals surface area contributed by atoms with Crippen molar-refractivity contribution in [2.75, 3.05) is 12.3 Å². The number of nitrogens with one attached hydrogen (secondary N) is 2. The van der Waals surface area contributed by atoms with Gasteiger partial charge in [0.1, 0.15) is 11.6 Å². The zero-order valence-electron chi connectivity index (χ0n) is 15.3. The van der Waals surface area contributed by atoms with Crippen molar-refractivity contribution in [3.8, 4) is 28.3 Å². The minimum Gasteiger partial charge on any atom is -0.493 e. The highest BCUT2D eigenvalue weighted by atomic mass is 16.5. The second kappa shape index (κ2) is 7.08. The quantitative estimate of drug-likeness (QED) is 0.375. The maximum Gasteiger partial charge on any atom is 0.337 e. The number of H-pyrrole nitrogens is 2. The van der Waals surface area contributed by atoms with Crippen molar-refractivity contribution in [3.63, 3.8) is 0 Å². The van der Waals surface area contributed by atoms with Crippen molar-refractivity contribution in [2.24, 2.45) is 0 Å². The summed E-state index contributed by atoms with van der Waals surface area (Å²) in [6.45, 7) is 2.24. The molecule has 0 fully saturated rings. The lowest BCUT2D eigenvalue weighted by molar-refractivity contribution is 0.0698. The molecule has 2 aromatic carbocycles. The van der Waals surface area contributed by atoms with Gasteiger partial charge in [-0.05, 0) is 42.3 Å². The van der Waals surface area contributed by atoms with Gasteiger partial charge >= 0.3 is 5.97 Å². The number of fused-ring (bicyclic) bond motifs is 1. The third kappa shape index (κ3) is 3.27. The van der Waals surface area contributed by atoms with Gasteiger partial charge in [0, 0.05) is 5.69 Å². The fraction of sp³-hybridized carbons (Fsp3) is 0.105. The fourth-order valence-electron chi connectivity index (χ4n) is 3.00. The normalized spacial score (nSPS) is 10.9. The maximum absolute atomic E-state index is 12.2. The Kier molecular flexibility index (Phi) is 4.43. The molecule has 0 spiro atoms. The molecule has 0 amide bonds. The highest BCUT2D eigenvalue weighted by molar-refractivity contribution is 5.95. The Labute approximate surface area is 163 Å². The number of ether oxygens (including phenoxy) is 1. The van der Waals surface area contributed by atoms with Gasteiger partial charge < -0.3 is 20.6 Å². The van der Waals surface area contributed by atoms with E-state index in [1.54, 1.807) is 24.3 Å². The molecule has 0 saturated heterocycles. The van der Waals surface area contributed by atoms with Crippen molar-refractivity contribution < 1.29 is 14.6 Å². The van der Waals surface area contributed by atoms with Crippen molar-refractivity contribution in [3.05, 3.63) is 52.3 Å². The number of nitrogens with zero attached hydrogens (tertiary/aromatic N) is 3. The third-order valence-corrected chi connectivity index (χ3v) is 4.35. The van der Waals surface area contributed by atoms with E-state index in [0.29, 0.717) is 23.7 Å². The molecule has 2 aromatic heterocycles. The summed E-state index contributed by atoms with van der Waals surface area (Å²) in [4.78, 5) is 30.4. The van der Waals surface area contributed by atoms with Crippen LogP contribution in [0.5, 0.6) is 5.75 Å². The van der Waals surface area contributed by atoms with Crippen LogP contribution in [-0.2, 0) is 0 Å². The van der Waals surface area contributed by atoms with Gasteiger partial charge in [-0.3, -0.25) is 4.79 Å². The lowest BCUT2D eigenvalue weighted by Crippen LogP contribution is -2.10. The summed E-state index contributed by atoms with van der Waals surface area (Å²) in [7, 11) is 0. The number of hydrogen-bond acceptors (Lipinski definition) is 7. The molecule has 10 nitrogen and oxygen atoms in total. The first-order valence-corrected chi connectivity index (χ1v) is 8.69. The van der Waals surface area contributed by atoms with Crippen LogP contribution in [-0.4, -0.2) is 43.1 Å². The molecule has 0 atom stereocenters. The fourth-order valence-corrected chi connectivity index (χ4v) is 3.00. The number of rotatable bonds is 5. The number of aromatic amines is 2. The van der Waals surface area contributed by atoms with Crippen LogP contribution in [0.25, 0.3) is 33.7 Å². The van der Waals surface area contributed by atoms with Crippen molar-refractivity contribution in [2.45, 2.75) is 6.92 Å². The second-order valence-electron chi connectivity index (χ2n) is 6.17. The second-order valence-corrected chi connectivity index (χ2v) is 6.17. The number of nitrogen functional groups attached to an aromatic ring is 1. The summed E-state index contributed by atoms with van der Waals surface area (Å²) in [6.07, 6.45) is 0. The predicted molar refractivity (Wildman–Crippen MR) is 106 cm³/mol. The topological polar surface area (TPSA) is 160 Å². The molecule has 29 heavy (non-hydrogen) atoms. The van der Waals surface area contributed by atoms with E-state index in [0.717, 1.165) is 11.1 Å². The summed E-state index contributed by atoms with van der Waals surface area (Å²) in [5.74, 6) is -0.275. The summed E-state index contributed by atoms with van der Waals surface area (Å²) in [5.41, 5.74) is 8.13. The number of carboxylic acid groups (broad SMARTS) is 1. The SMILES string of the molecule is CCOc1cc(-c2ccc(C(=O)O)c(N)c2)ccc1-c1nc2[nH]nnc2c(=O)[nH]1. The standard InChI is InChI=1S/C19H16N6O4/c1-2-29-14-8-10(9-3-5-11(19(27)28)13(20)7-9)4-6-12(14)16-21-17-15(18(26)22-16)23-25-24-17/h3-8H,2,20H2,1H3,(H,27,28)(H2,21,22,23,24,25,26). The van der Waals surface area contributed by atoms with Crippen LogP contribution in [0, 0.1) is 0 Å². The molecule has 0 bridgehead atoms. The third-order valence-electron chi connectivity index (χ3n) is 4.35. The van der Waals surface area contributed by atoms with Crippen LogP contribution in [0.2, 0.25) is 0 Å². The van der Waals surface area contributed by atoms with E-state index >= 15 is 0 Å². The average Bonchev–Trinajstić information content (AvgIpc) is 3.17. The zero-order chi connectivity index (χ0) is 20.5. The lowest BCUT2D eigenvalue weighted by atomic mass is 10.00. The molecule has 10 heteroatoms. The smallest absolute Gasteiger partial charge is 0.337 e. The van der Waals surface area contributed by atoms with Gasteiger partial charge in [0.25, 0.3) is 5.56 Å². The molecule has 5 N–H and O–H groups in total. The number of hydrogen-bond donors (Lipinski definition) is 4. The Morgan fingerprint density at radius 3 is 2.69 bits per heavy atom. The van der Waals surface area contributed by atoms with Crippen LogP contribution in [0.4, 0.5) is 5.69 Å². The van der Waals surface area contributed by atoms with Gasteiger partial charge in [-0.25, -0.2) is 14.9 Å². The summed E-state index contributed by atoms with van der Waals surface area (Å²) >= 11 is 0. The monoisotopic (exact) mass is 392 g/mol. The summed E-state index contributed by atoms with van der Waals surface area (Å²) in [6, 6.07) is 10.1. The van der Waals surface area contributed by atoms with Crippen molar-refractivity contribution >= 4 is 22.8 Å². The molecule has 0 radical (unpaired) electrons. The molecule has 4 aromatic rings. The summed E-state index contributed by atoms with van der Waals surface area (Å²) in [5, 5.41) is 19.0. The van der Waals surface area contributed by atoms with Crippen molar-refractivity contribution in [1.29, 1.82) is 0 Å². The number of carboxylic acids is 1. The Balaban J connectivity index is 1.82. The van der Waals surface area contributed by atoms with Gasteiger partial charge in [0.2, 0.25) is 0 Å². The van der Waals surface area contributed by atoms with E-state index < -0.39 is 11.5 Å². The van der Waals surface area contributed by atoms with E-state index in [9.17, 15) is 9.59 Å². The van der Waals surface area contributed by atoms with Gasteiger partial charge in [-0.2, -0.15) is 0 Å². The Hall–Kier alpha value is -4.21. The number of nitrogens with two attached hydrogens (primary N) is 1. The molecule has 0 unspecified atom stereocenters. The average molecular weight is 392 g/mol. The summed E-state index contributed by atoms with van der Waals surface area (Å²) < 4.78 is 5.75. The van der Waals surface area contributed by atoms with Gasteiger partial charge in [-0.1, -0.05) is 17.3 Å². The van der Waals surface area contributed by atoms with Gasteiger partial charge in [0.15, 0.2) is 11.2 Å². The molecule has 0 aliphatic rings. The molecule has 2 heterocycles. The van der Waals surface area contributed by atoms with E-state index in [1.807, 2.05) is 13.0 Å². The molecular formula is C19H16N6O4. The molecular weight excluding hydrogens is 376 g/mol. The highest BCUT2D eigenvalue weighted by Gasteiger charge is 2.15. The Morgan fingerprint density at radius 1 is 1.21 bits per heavy atom. The van der Waals surface area contributed by atoms with E-state index in [2.05, 4.69) is 25.4 Å². The van der Waals surface area contributed by atoms with Crippen LogP contribution in [0.3, 0.4) is 0 Å². The van der Waals surface area contributed by atoms with Gasteiger partial charge in [0.05, 0.1) is 17.7 Å². The number of aromatic nitrogens is 5. The first-order valence-electron chi connectivity index (χ1n) is 8.69. The van der Waals surface area contributed by atoms with Crippen LogP contribution < -0.4 is 16.0 Å². The maximum atomic E-state index is 12.2. The van der Waals surface area contributed by atoms with E-state index in [4.69, 9.17) is 15.6 Å². The largest absolute Gasteiger partial charge is 0.493 e. The zero-order valence-corrected chi connectivity index (χ0v) is 15.3. The van der Waals surface area contributed by atoms with Gasteiger partial charge in [-0.15, -0.1) is 5.10 Å². The molecule has 4 rings (SSSR count). The predicted octanol–water partition coefficient (Wildman–Crippen LogP) is 2.05. The number of benzene rings is 2. The van der Waals surface area contributed by atoms with E-state index in [-0.39, 0.29) is 22.4 Å². The molecule has 146 valence electrons. The van der Waals surface area contributed by atoms with Crippen LogP contribution >= 0.6 is 0 Å². The molecule has 0 aliphatic heterocycles. The Morgan fingerprint density at radius 2 is 1.97 bits per heavy atom. The first-order chi connectivity index (χ1) is 14.0. The number of aromatic carboxylic acids is 1. The molecule has 0 saturated carbocycles. The minimum absolute atomic E-state index is 0.0404. The van der Waals surface area contributed by atoms with Crippen molar-refractivity contribution in [1.82, 2.24) is 25.4 Å². The minimum atomic E-state index is -1.09. The van der Waals surface area contributed by atoms with Crippen LogP contribution in [0.1, 0.15) is 17.3 Å².